The number of rotatable bonds is 3. The monoisotopic (exact) mass is 412 g/mol. The molecule has 0 bridgehead atoms. The maximum absolute atomic E-state index is 12.8. The van der Waals surface area contributed by atoms with E-state index in [1.807, 2.05) is 0 Å². The van der Waals surface area contributed by atoms with Gasteiger partial charge in [-0.25, -0.2) is 14.8 Å². The summed E-state index contributed by atoms with van der Waals surface area (Å²) < 4.78 is 38.8. The molecule has 2 rings (SSSR count). The number of hydrogen-bond acceptors (Lipinski definition) is 5. The van der Waals surface area contributed by atoms with Gasteiger partial charge in [0.1, 0.15) is 10.9 Å². The van der Waals surface area contributed by atoms with Gasteiger partial charge in [-0.15, -0.1) is 11.8 Å². The van der Waals surface area contributed by atoms with Crippen LogP contribution < -0.4 is 10.6 Å². The van der Waals surface area contributed by atoms with Gasteiger partial charge in [0.05, 0.1) is 5.75 Å². The highest BCUT2D eigenvalue weighted by molar-refractivity contribution is 9.10. The molecule has 0 radical (unpaired) electrons. The summed E-state index contributed by atoms with van der Waals surface area (Å²) >= 11 is 3.95. The molecule has 1 aliphatic rings. The Balaban J connectivity index is 2.30. The standard InChI is InChI=1S/C12H12BrF3N4O2S/c1-2-17-10(21)19-8-3-6(7(13)4-18-8)9-20-11(22,5-23-9)12(14,15)16/h3-4,22H,2,5H2,1H3,(H2,17,18,19,21)/t11-/m0/s1. The van der Waals surface area contributed by atoms with E-state index in [4.69, 9.17) is 0 Å². The number of aliphatic hydroxyl groups is 1. The number of halogens is 4. The van der Waals surface area contributed by atoms with Crippen molar-refractivity contribution in [1.82, 2.24) is 10.3 Å². The van der Waals surface area contributed by atoms with Crippen LogP contribution in [0.5, 0.6) is 0 Å². The number of thioether (sulfide) groups is 1. The molecule has 0 spiro atoms. The van der Waals surface area contributed by atoms with E-state index in [9.17, 15) is 23.1 Å². The topological polar surface area (TPSA) is 86.6 Å². The van der Waals surface area contributed by atoms with Crippen LogP contribution in [0.2, 0.25) is 0 Å². The van der Waals surface area contributed by atoms with Crippen molar-refractivity contribution < 1.29 is 23.1 Å². The Morgan fingerprint density at radius 1 is 1.57 bits per heavy atom. The first-order valence-electron chi connectivity index (χ1n) is 6.39. The summed E-state index contributed by atoms with van der Waals surface area (Å²) in [5.74, 6) is -0.473. The number of urea groups is 1. The largest absolute Gasteiger partial charge is 0.439 e. The van der Waals surface area contributed by atoms with Crippen molar-refractivity contribution in [1.29, 1.82) is 0 Å². The number of aliphatic imine (C=N–C) groups is 1. The molecule has 0 fully saturated rings. The van der Waals surface area contributed by atoms with E-state index in [1.54, 1.807) is 6.92 Å². The van der Waals surface area contributed by atoms with Crippen molar-refractivity contribution in [2.45, 2.75) is 18.8 Å². The Morgan fingerprint density at radius 3 is 2.83 bits per heavy atom. The second-order valence-electron chi connectivity index (χ2n) is 4.55. The molecule has 0 saturated heterocycles. The van der Waals surface area contributed by atoms with Crippen molar-refractivity contribution in [2.24, 2.45) is 4.99 Å². The van der Waals surface area contributed by atoms with Gasteiger partial charge in [0.15, 0.2) is 0 Å². The fourth-order valence-electron chi connectivity index (χ4n) is 1.68. The summed E-state index contributed by atoms with van der Waals surface area (Å²) in [6.07, 6.45) is -3.52. The van der Waals surface area contributed by atoms with E-state index >= 15 is 0 Å². The van der Waals surface area contributed by atoms with E-state index in [0.717, 1.165) is 11.8 Å². The van der Waals surface area contributed by atoms with Gasteiger partial charge in [0, 0.05) is 22.8 Å². The molecule has 0 unspecified atom stereocenters. The van der Waals surface area contributed by atoms with Crippen molar-refractivity contribution in [3.63, 3.8) is 0 Å². The fourth-order valence-corrected chi connectivity index (χ4v) is 3.32. The quantitative estimate of drug-likeness (QED) is 0.712. The highest BCUT2D eigenvalue weighted by Gasteiger charge is 2.57. The van der Waals surface area contributed by atoms with Crippen molar-refractivity contribution in [2.75, 3.05) is 17.6 Å². The van der Waals surface area contributed by atoms with Gasteiger partial charge < -0.3 is 10.4 Å². The lowest BCUT2D eigenvalue weighted by Gasteiger charge is -2.21. The number of alkyl halides is 3. The molecule has 1 aliphatic heterocycles. The lowest BCUT2D eigenvalue weighted by atomic mass is 10.2. The average molecular weight is 413 g/mol. The fraction of sp³-hybridized carbons (Fsp3) is 0.417. The zero-order valence-corrected chi connectivity index (χ0v) is 14.1. The molecular formula is C12H12BrF3N4O2S. The summed E-state index contributed by atoms with van der Waals surface area (Å²) in [4.78, 5) is 18.8. The van der Waals surface area contributed by atoms with Gasteiger partial charge >= 0.3 is 12.2 Å². The molecule has 1 aromatic rings. The molecule has 0 aromatic carbocycles. The van der Waals surface area contributed by atoms with Crippen LogP contribution in [0.25, 0.3) is 0 Å². The van der Waals surface area contributed by atoms with Crippen LogP contribution in [0.4, 0.5) is 23.8 Å². The summed E-state index contributed by atoms with van der Waals surface area (Å²) in [5, 5.41) is 14.6. The number of carbonyl (C=O) groups is 1. The highest BCUT2D eigenvalue weighted by Crippen LogP contribution is 2.41. The Bertz CT molecular complexity index is 656. The molecule has 126 valence electrons. The first-order valence-corrected chi connectivity index (χ1v) is 8.16. The molecule has 2 heterocycles. The van der Waals surface area contributed by atoms with Gasteiger partial charge in [0.25, 0.3) is 5.72 Å². The number of anilines is 1. The Hall–Kier alpha value is -1.33. The third-order valence-corrected chi connectivity index (χ3v) is 4.58. The first-order chi connectivity index (χ1) is 10.7. The van der Waals surface area contributed by atoms with Crippen LogP contribution in [0.15, 0.2) is 21.7 Å². The third kappa shape index (κ3) is 3.96. The maximum Gasteiger partial charge on any atom is 0.439 e. The zero-order chi connectivity index (χ0) is 17.3. The number of hydrogen-bond donors (Lipinski definition) is 3. The number of pyridine rings is 1. The molecule has 11 heteroatoms. The predicted molar refractivity (Wildman–Crippen MR) is 84.6 cm³/mol. The predicted octanol–water partition coefficient (Wildman–Crippen LogP) is 2.73. The normalized spacial score (nSPS) is 21.0. The van der Waals surface area contributed by atoms with Crippen LogP contribution in [-0.4, -0.2) is 45.4 Å². The lowest BCUT2D eigenvalue weighted by molar-refractivity contribution is -0.245. The van der Waals surface area contributed by atoms with Crippen LogP contribution in [-0.2, 0) is 0 Å². The second kappa shape index (κ2) is 6.65. The van der Waals surface area contributed by atoms with E-state index in [-0.39, 0.29) is 10.9 Å². The van der Waals surface area contributed by atoms with Crippen LogP contribution in [0.1, 0.15) is 12.5 Å². The zero-order valence-electron chi connectivity index (χ0n) is 11.7. The number of aromatic nitrogens is 1. The summed E-state index contributed by atoms with van der Waals surface area (Å²) in [6, 6.07) is 0.897. The van der Waals surface area contributed by atoms with Crippen LogP contribution in [0.3, 0.4) is 0 Å². The molecule has 1 atom stereocenters. The van der Waals surface area contributed by atoms with Crippen molar-refractivity contribution >= 4 is 44.6 Å². The molecule has 3 N–H and O–H groups in total. The SMILES string of the molecule is CCNC(=O)Nc1cc(C2=N[C@@](O)(C(F)(F)F)CS2)c(Br)cn1. The van der Waals surface area contributed by atoms with Gasteiger partial charge in [-0.2, -0.15) is 13.2 Å². The van der Waals surface area contributed by atoms with Gasteiger partial charge in [-0.3, -0.25) is 5.32 Å². The van der Waals surface area contributed by atoms with Crippen LogP contribution in [0, 0.1) is 0 Å². The van der Waals surface area contributed by atoms with E-state index in [1.165, 1.54) is 12.3 Å². The number of nitrogens with one attached hydrogen (secondary N) is 2. The van der Waals surface area contributed by atoms with Crippen molar-refractivity contribution in [3.05, 3.63) is 22.3 Å². The molecule has 1 aromatic heterocycles. The highest BCUT2D eigenvalue weighted by atomic mass is 79.9. The van der Waals surface area contributed by atoms with Gasteiger partial charge in [-0.05, 0) is 28.9 Å². The van der Waals surface area contributed by atoms with E-state index < -0.39 is 23.7 Å². The number of nitrogens with zero attached hydrogens (tertiary/aromatic N) is 2. The minimum Gasteiger partial charge on any atom is -0.361 e. The van der Waals surface area contributed by atoms with Gasteiger partial charge in [-0.1, -0.05) is 0 Å². The Morgan fingerprint density at radius 2 is 2.26 bits per heavy atom. The molecule has 6 nitrogen and oxygen atoms in total. The summed E-state index contributed by atoms with van der Waals surface area (Å²) in [5.41, 5.74) is -2.81. The molecular weight excluding hydrogens is 401 g/mol. The minimum atomic E-state index is -4.86. The Kier molecular flexibility index (Phi) is 5.21. The number of amides is 2. The van der Waals surface area contributed by atoms with Gasteiger partial charge in [0.2, 0.25) is 0 Å². The molecule has 23 heavy (non-hydrogen) atoms. The maximum atomic E-state index is 12.8. The molecule has 0 saturated carbocycles. The molecule has 2 amide bonds. The molecule has 0 aliphatic carbocycles. The average Bonchev–Trinajstić information content (AvgIpc) is 2.84. The van der Waals surface area contributed by atoms with E-state index in [2.05, 4.69) is 36.5 Å². The lowest BCUT2D eigenvalue weighted by Crippen LogP contribution is -2.43. The van der Waals surface area contributed by atoms with Crippen LogP contribution >= 0.6 is 27.7 Å². The van der Waals surface area contributed by atoms with Crippen molar-refractivity contribution in [3.8, 4) is 0 Å². The van der Waals surface area contributed by atoms with E-state index in [0.29, 0.717) is 16.6 Å². The second-order valence-corrected chi connectivity index (χ2v) is 6.37. The minimum absolute atomic E-state index is 0.0121. The Labute approximate surface area is 142 Å². The summed E-state index contributed by atoms with van der Waals surface area (Å²) in [6.45, 7) is 2.15. The first kappa shape index (κ1) is 18.0. The third-order valence-electron chi connectivity index (χ3n) is 2.82. The number of carbonyl (C=O) groups excluding carboxylic acids is 1. The smallest absolute Gasteiger partial charge is 0.361 e. The summed E-state index contributed by atoms with van der Waals surface area (Å²) in [7, 11) is 0.